The van der Waals surface area contributed by atoms with E-state index in [1.807, 2.05) is 0 Å². The van der Waals surface area contributed by atoms with E-state index in [1.165, 1.54) is 17.1 Å². The van der Waals surface area contributed by atoms with Gasteiger partial charge in [0, 0.05) is 28.5 Å². The van der Waals surface area contributed by atoms with Gasteiger partial charge in [0.2, 0.25) is 0 Å². The van der Waals surface area contributed by atoms with E-state index in [0.29, 0.717) is 4.75 Å². The molecule has 3 rings (SSSR count). The highest BCUT2D eigenvalue weighted by molar-refractivity contribution is 8.00. The number of nitrogens with zero attached hydrogens (tertiary/aromatic N) is 2. The number of aryl methyl sites for hydroxylation is 1. The molecule has 1 aliphatic carbocycles. The van der Waals surface area contributed by atoms with Crippen LogP contribution in [0.1, 0.15) is 49.8 Å². The molecule has 2 heterocycles. The van der Waals surface area contributed by atoms with Gasteiger partial charge >= 0.3 is 0 Å². The average Bonchev–Trinajstić information content (AvgIpc) is 2.70. The molecule has 1 atom stereocenters. The van der Waals surface area contributed by atoms with Crippen LogP contribution < -0.4 is 4.90 Å². The molecule has 1 saturated heterocycles. The molecule has 0 spiro atoms. The van der Waals surface area contributed by atoms with Crippen molar-refractivity contribution in [3.8, 4) is 0 Å². The van der Waals surface area contributed by atoms with Crippen LogP contribution in [0.3, 0.4) is 0 Å². The third-order valence-electron chi connectivity index (χ3n) is 4.02. The number of thiazole rings is 1. The Balaban J connectivity index is 1.79. The fraction of sp³-hybridized carbons (Fsp3) is 0.786. The number of aliphatic hydroxyl groups is 1. The lowest BCUT2D eigenvalue weighted by atomic mass is 10.0. The van der Waals surface area contributed by atoms with E-state index in [2.05, 4.69) is 30.5 Å². The summed E-state index contributed by atoms with van der Waals surface area (Å²) in [6.07, 6.45) is 3.94. The number of hydrogen-bond donors (Lipinski definition) is 1. The normalized spacial score (nSPS) is 26.9. The lowest BCUT2D eigenvalue weighted by Gasteiger charge is -2.22. The number of aliphatic hydroxyl groups excluding tert-OH is 1. The fourth-order valence-electron chi connectivity index (χ4n) is 2.73. The van der Waals surface area contributed by atoms with E-state index in [0.717, 1.165) is 43.2 Å². The number of thioether (sulfide) groups is 1. The smallest absolute Gasteiger partial charge is 0.185 e. The highest BCUT2D eigenvalue weighted by atomic mass is 32.2. The van der Waals surface area contributed by atoms with Gasteiger partial charge in [-0.1, -0.05) is 13.8 Å². The predicted molar refractivity (Wildman–Crippen MR) is 83.4 cm³/mol. The number of rotatable bonds is 1. The highest BCUT2D eigenvalue weighted by Gasteiger charge is 2.28. The summed E-state index contributed by atoms with van der Waals surface area (Å²) in [7, 11) is 0. The Morgan fingerprint density at radius 1 is 1.37 bits per heavy atom. The van der Waals surface area contributed by atoms with Crippen LogP contribution in [0.15, 0.2) is 0 Å². The van der Waals surface area contributed by atoms with Crippen molar-refractivity contribution in [2.45, 2.75) is 50.4 Å². The third-order valence-corrected chi connectivity index (χ3v) is 6.59. The average molecular weight is 298 g/mol. The first kappa shape index (κ1) is 13.7. The quantitative estimate of drug-likeness (QED) is 0.863. The maximum Gasteiger partial charge on any atom is 0.185 e. The molecule has 0 aromatic carbocycles. The summed E-state index contributed by atoms with van der Waals surface area (Å²) in [6.45, 7) is 6.83. The standard InChI is InChI=1S/C14H22N2OS2/c1-14(2)6-7-16(8-9-18-14)13-15-12-10(17)4-3-5-11(12)19-13/h10,17H,3-9H2,1-2H3. The Morgan fingerprint density at radius 2 is 2.21 bits per heavy atom. The second-order valence-electron chi connectivity index (χ2n) is 6.06. The molecular formula is C14H22N2OS2. The van der Waals surface area contributed by atoms with Crippen LogP contribution in [0, 0.1) is 0 Å². The van der Waals surface area contributed by atoms with Gasteiger partial charge in [0.05, 0.1) is 11.8 Å². The lowest BCUT2D eigenvalue weighted by molar-refractivity contribution is 0.153. The molecule has 0 amide bonds. The predicted octanol–water partition coefficient (Wildman–Crippen LogP) is 3.23. The summed E-state index contributed by atoms with van der Waals surface area (Å²) in [5.41, 5.74) is 0.961. The van der Waals surface area contributed by atoms with E-state index >= 15 is 0 Å². The zero-order valence-electron chi connectivity index (χ0n) is 11.7. The van der Waals surface area contributed by atoms with Gasteiger partial charge in [-0.25, -0.2) is 4.98 Å². The monoisotopic (exact) mass is 298 g/mol. The molecule has 0 saturated carbocycles. The maximum atomic E-state index is 10.0. The molecule has 1 fully saturated rings. The molecule has 0 radical (unpaired) electrons. The minimum atomic E-state index is -0.327. The number of aromatic nitrogens is 1. The van der Waals surface area contributed by atoms with Gasteiger partial charge in [-0.3, -0.25) is 0 Å². The summed E-state index contributed by atoms with van der Waals surface area (Å²) in [5.74, 6) is 1.17. The third kappa shape index (κ3) is 2.93. The zero-order valence-corrected chi connectivity index (χ0v) is 13.3. The van der Waals surface area contributed by atoms with Crippen LogP contribution in [-0.4, -0.2) is 33.7 Å². The molecule has 3 nitrogen and oxygen atoms in total. The van der Waals surface area contributed by atoms with Crippen molar-refractivity contribution in [1.29, 1.82) is 0 Å². The van der Waals surface area contributed by atoms with Crippen molar-refractivity contribution in [2.24, 2.45) is 0 Å². The van der Waals surface area contributed by atoms with E-state index in [9.17, 15) is 5.11 Å². The van der Waals surface area contributed by atoms with Gasteiger partial charge in [-0.2, -0.15) is 11.8 Å². The summed E-state index contributed by atoms with van der Waals surface area (Å²) < 4.78 is 0.380. The van der Waals surface area contributed by atoms with Crippen LogP contribution in [0.25, 0.3) is 0 Å². The van der Waals surface area contributed by atoms with Crippen molar-refractivity contribution in [3.63, 3.8) is 0 Å². The summed E-state index contributed by atoms with van der Waals surface area (Å²) in [6, 6.07) is 0. The van der Waals surface area contributed by atoms with Crippen molar-refractivity contribution < 1.29 is 5.11 Å². The van der Waals surface area contributed by atoms with Crippen LogP contribution >= 0.6 is 23.1 Å². The first-order chi connectivity index (χ1) is 9.05. The van der Waals surface area contributed by atoms with Crippen molar-refractivity contribution in [3.05, 3.63) is 10.6 Å². The van der Waals surface area contributed by atoms with Crippen molar-refractivity contribution in [2.75, 3.05) is 23.7 Å². The molecule has 1 unspecified atom stereocenters. The Bertz CT molecular complexity index is 458. The lowest BCUT2D eigenvalue weighted by Crippen LogP contribution is -2.26. The van der Waals surface area contributed by atoms with Gasteiger partial charge < -0.3 is 10.0 Å². The Hall–Kier alpha value is -0.260. The van der Waals surface area contributed by atoms with Crippen LogP contribution in [-0.2, 0) is 6.42 Å². The molecule has 5 heteroatoms. The zero-order chi connectivity index (χ0) is 13.5. The Kier molecular flexibility index (Phi) is 3.80. The molecule has 106 valence electrons. The molecular weight excluding hydrogens is 276 g/mol. The molecule has 2 aliphatic rings. The summed E-state index contributed by atoms with van der Waals surface area (Å²) in [5, 5.41) is 11.2. The number of anilines is 1. The molecule has 19 heavy (non-hydrogen) atoms. The van der Waals surface area contributed by atoms with Crippen LogP contribution in [0.5, 0.6) is 0 Å². The molecule has 1 aromatic heterocycles. The van der Waals surface area contributed by atoms with Crippen LogP contribution in [0.4, 0.5) is 5.13 Å². The van der Waals surface area contributed by atoms with E-state index in [4.69, 9.17) is 4.98 Å². The van der Waals surface area contributed by atoms with Gasteiger partial charge in [-0.05, 0) is 25.7 Å². The van der Waals surface area contributed by atoms with E-state index in [-0.39, 0.29) is 6.10 Å². The fourth-order valence-corrected chi connectivity index (χ4v) is 5.04. The summed E-state index contributed by atoms with van der Waals surface area (Å²) in [4.78, 5) is 8.45. The second-order valence-corrected chi connectivity index (χ2v) is 8.92. The van der Waals surface area contributed by atoms with Crippen LogP contribution in [0.2, 0.25) is 0 Å². The van der Waals surface area contributed by atoms with E-state index < -0.39 is 0 Å². The van der Waals surface area contributed by atoms with Crippen molar-refractivity contribution in [1.82, 2.24) is 4.98 Å². The molecule has 0 bridgehead atoms. The number of fused-ring (bicyclic) bond motifs is 1. The van der Waals surface area contributed by atoms with Gasteiger partial charge in [0.1, 0.15) is 0 Å². The largest absolute Gasteiger partial charge is 0.387 e. The SMILES string of the molecule is CC1(C)CCN(c2nc3c(s2)CCCC3O)CCS1. The van der Waals surface area contributed by atoms with E-state index in [1.54, 1.807) is 11.3 Å². The molecule has 1 aromatic rings. The van der Waals surface area contributed by atoms with Gasteiger partial charge in [-0.15, -0.1) is 11.3 Å². The molecule has 1 aliphatic heterocycles. The minimum absolute atomic E-state index is 0.327. The van der Waals surface area contributed by atoms with Crippen molar-refractivity contribution >= 4 is 28.2 Å². The Morgan fingerprint density at radius 3 is 3.00 bits per heavy atom. The van der Waals surface area contributed by atoms with Gasteiger partial charge in [0.15, 0.2) is 5.13 Å². The maximum absolute atomic E-state index is 10.0. The number of hydrogen-bond acceptors (Lipinski definition) is 5. The van der Waals surface area contributed by atoms with Gasteiger partial charge in [0.25, 0.3) is 0 Å². The highest BCUT2D eigenvalue weighted by Crippen LogP contribution is 2.38. The Labute approximate surface area is 123 Å². The first-order valence-electron chi connectivity index (χ1n) is 7.12. The first-order valence-corrected chi connectivity index (χ1v) is 8.92. The summed E-state index contributed by atoms with van der Waals surface area (Å²) >= 11 is 3.86. The topological polar surface area (TPSA) is 36.4 Å². The minimum Gasteiger partial charge on any atom is -0.387 e. The molecule has 1 N–H and O–H groups in total. The second kappa shape index (κ2) is 5.26.